The molecule has 7 nitrogen and oxygen atoms in total. The largest absolute Gasteiger partial charge is 0.443 e. The minimum Gasteiger partial charge on any atom is -0.443 e. The van der Waals surface area contributed by atoms with E-state index < -0.39 is 58.0 Å². The monoisotopic (exact) mass is 482 g/mol. The highest BCUT2D eigenvalue weighted by Crippen LogP contribution is 2.55. The molecule has 11 heteroatoms. The fourth-order valence-corrected chi connectivity index (χ4v) is 4.18. The Morgan fingerprint density at radius 3 is 2.24 bits per heavy atom. The van der Waals surface area contributed by atoms with Gasteiger partial charge in [-0.05, 0) is 51.5 Å². The van der Waals surface area contributed by atoms with E-state index in [0.29, 0.717) is 16.5 Å². The molecule has 0 spiro atoms. The van der Waals surface area contributed by atoms with E-state index >= 15 is 0 Å². The molecule has 1 aliphatic rings. The number of aryl methyl sites for hydroxylation is 1. The number of anilines is 1. The number of nitrogens with zero attached hydrogens (tertiary/aromatic N) is 2. The number of nitro groups is 1. The predicted molar refractivity (Wildman–Crippen MR) is 113 cm³/mol. The molecule has 0 aromatic heterocycles. The second kappa shape index (κ2) is 8.37. The zero-order valence-corrected chi connectivity index (χ0v) is 18.8. The summed E-state index contributed by atoms with van der Waals surface area (Å²) in [5.41, 5.74) is -4.37. The van der Waals surface area contributed by atoms with Crippen LogP contribution < -0.4 is 4.90 Å². The maximum Gasteiger partial charge on any atom is 0.421 e. The van der Waals surface area contributed by atoms with E-state index in [1.165, 1.54) is 45.0 Å². The molecular weight excluding hydrogens is 460 g/mol. The number of halogens is 4. The second-order valence-electron chi connectivity index (χ2n) is 9.07. The summed E-state index contributed by atoms with van der Waals surface area (Å²) >= 11 is 0. The van der Waals surface area contributed by atoms with Crippen molar-refractivity contribution in [2.75, 3.05) is 11.4 Å². The van der Waals surface area contributed by atoms with Gasteiger partial charge in [-0.15, -0.1) is 0 Å². The number of carbonyl (C=O) groups excluding carboxylic acids is 2. The lowest BCUT2D eigenvalue weighted by atomic mass is 9.65. The van der Waals surface area contributed by atoms with Crippen molar-refractivity contribution in [2.45, 2.75) is 44.9 Å². The molecule has 2 aromatic carbocycles. The fourth-order valence-electron chi connectivity index (χ4n) is 4.18. The average molecular weight is 482 g/mol. The molecule has 0 radical (unpaired) electrons. The lowest BCUT2D eigenvalue weighted by Crippen LogP contribution is -2.55. The Balaban J connectivity index is 2.42. The van der Waals surface area contributed by atoms with Gasteiger partial charge in [0.1, 0.15) is 22.8 Å². The van der Waals surface area contributed by atoms with Crippen molar-refractivity contribution < 1.29 is 36.8 Å². The number of alkyl halides is 3. The SMILES string of the molecule is Cc1ccc([C@@]2([C@H](C[N+](=O)[O-])C(F)(F)F)C(=O)N(C(=O)OC(C)(C)C)c3ccc(F)cc32)cc1. The van der Waals surface area contributed by atoms with Gasteiger partial charge in [0, 0.05) is 10.5 Å². The Bertz CT molecular complexity index is 1140. The summed E-state index contributed by atoms with van der Waals surface area (Å²) in [6, 6.07) is 7.87. The van der Waals surface area contributed by atoms with Gasteiger partial charge in [-0.2, -0.15) is 13.2 Å². The van der Waals surface area contributed by atoms with E-state index in [9.17, 15) is 37.3 Å². The van der Waals surface area contributed by atoms with Crippen LogP contribution in [-0.2, 0) is 14.9 Å². The van der Waals surface area contributed by atoms with E-state index in [1.807, 2.05) is 0 Å². The third-order valence-electron chi connectivity index (χ3n) is 5.50. The first-order chi connectivity index (χ1) is 15.6. The van der Waals surface area contributed by atoms with Crippen molar-refractivity contribution in [1.29, 1.82) is 0 Å². The molecule has 182 valence electrons. The van der Waals surface area contributed by atoms with Crippen LogP contribution in [0.5, 0.6) is 0 Å². The van der Waals surface area contributed by atoms with Gasteiger partial charge in [-0.3, -0.25) is 14.9 Å². The van der Waals surface area contributed by atoms with Gasteiger partial charge in [0.25, 0.3) is 5.91 Å². The van der Waals surface area contributed by atoms with E-state index in [0.717, 1.165) is 12.1 Å². The number of hydrogen-bond donors (Lipinski definition) is 0. The second-order valence-corrected chi connectivity index (χ2v) is 9.07. The van der Waals surface area contributed by atoms with Crippen LogP contribution in [-0.4, -0.2) is 35.2 Å². The number of rotatable bonds is 4. The first kappa shape index (κ1) is 25.1. The molecule has 2 atom stereocenters. The Hall–Kier alpha value is -3.50. The highest BCUT2D eigenvalue weighted by atomic mass is 19.4. The topological polar surface area (TPSA) is 89.8 Å². The van der Waals surface area contributed by atoms with E-state index in [4.69, 9.17) is 4.74 Å². The van der Waals surface area contributed by atoms with Crippen LogP contribution in [0.25, 0.3) is 0 Å². The van der Waals surface area contributed by atoms with Gasteiger partial charge in [0.05, 0.1) is 5.69 Å². The molecule has 0 fully saturated rings. The summed E-state index contributed by atoms with van der Waals surface area (Å²) < 4.78 is 62.9. The van der Waals surface area contributed by atoms with Crippen molar-refractivity contribution in [3.63, 3.8) is 0 Å². The first-order valence-corrected chi connectivity index (χ1v) is 10.2. The van der Waals surface area contributed by atoms with Gasteiger partial charge < -0.3 is 4.74 Å². The number of ether oxygens (including phenoxy) is 1. The Kier molecular flexibility index (Phi) is 6.19. The highest BCUT2D eigenvalue weighted by Gasteiger charge is 2.67. The Morgan fingerprint density at radius 2 is 1.74 bits per heavy atom. The number of carbonyl (C=O) groups is 2. The summed E-state index contributed by atoms with van der Waals surface area (Å²) in [5, 5.41) is 11.3. The number of imide groups is 1. The van der Waals surface area contributed by atoms with Crippen molar-refractivity contribution in [3.05, 3.63) is 75.1 Å². The molecule has 1 aliphatic heterocycles. The Morgan fingerprint density at radius 1 is 1.15 bits per heavy atom. The summed E-state index contributed by atoms with van der Waals surface area (Å²) in [5.74, 6) is -5.29. The van der Waals surface area contributed by atoms with Crippen molar-refractivity contribution >= 4 is 17.7 Å². The highest BCUT2D eigenvalue weighted by molar-refractivity contribution is 6.22. The van der Waals surface area contributed by atoms with Crippen LogP contribution in [0.4, 0.5) is 28.0 Å². The molecule has 1 heterocycles. The molecule has 0 bridgehead atoms. The third-order valence-corrected chi connectivity index (χ3v) is 5.50. The van der Waals surface area contributed by atoms with Gasteiger partial charge in [-0.25, -0.2) is 14.1 Å². The quantitative estimate of drug-likeness (QED) is 0.341. The zero-order valence-electron chi connectivity index (χ0n) is 18.8. The van der Waals surface area contributed by atoms with Crippen molar-refractivity contribution in [2.24, 2.45) is 5.92 Å². The summed E-state index contributed by atoms with van der Waals surface area (Å²) in [6.07, 6.45) is -6.54. The number of benzene rings is 2. The molecular formula is C23H22F4N2O5. The van der Waals surface area contributed by atoms with E-state index in [1.54, 1.807) is 6.92 Å². The standard InChI is InChI=1S/C23H22F4N2O5/c1-13-5-7-14(8-6-13)22(18(12-28(32)33)23(25,26)27)16-11-15(24)9-10-17(16)29(19(22)30)20(31)34-21(2,3)4/h5-11,18H,12H2,1-4H3/t18-,22+/m0/s1. The Labute approximate surface area is 192 Å². The zero-order chi connectivity index (χ0) is 25.6. The van der Waals surface area contributed by atoms with E-state index in [2.05, 4.69) is 0 Å². The summed E-state index contributed by atoms with van der Waals surface area (Å²) in [4.78, 5) is 37.4. The maximum atomic E-state index is 14.4. The smallest absolute Gasteiger partial charge is 0.421 e. The van der Waals surface area contributed by atoms with Gasteiger partial charge in [0.15, 0.2) is 0 Å². The predicted octanol–water partition coefficient (Wildman–Crippen LogP) is 5.16. The third kappa shape index (κ3) is 4.34. The normalized spacial score (nSPS) is 19.1. The van der Waals surface area contributed by atoms with Crippen LogP contribution in [0.3, 0.4) is 0 Å². The molecule has 34 heavy (non-hydrogen) atoms. The molecule has 0 unspecified atom stereocenters. The summed E-state index contributed by atoms with van der Waals surface area (Å²) in [7, 11) is 0. The van der Waals surface area contributed by atoms with Gasteiger partial charge >= 0.3 is 12.3 Å². The maximum absolute atomic E-state index is 14.4. The lowest BCUT2D eigenvalue weighted by Gasteiger charge is -2.36. The van der Waals surface area contributed by atoms with E-state index in [-0.39, 0.29) is 11.3 Å². The molecule has 2 aromatic rings. The first-order valence-electron chi connectivity index (χ1n) is 10.2. The molecule has 0 N–H and O–H groups in total. The van der Waals surface area contributed by atoms with Gasteiger partial charge in [-0.1, -0.05) is 29.8 Å². The molecule has 3 rings (SSSR count). The molecule has 0 saturated carbocycles. The minimum absolute atomic E-state index is 0.259. The van der Waals surface area contributed by atoms with Crippen LogP contribution >= 0.6 is 0 Å². The molecule has 0 aliphatic carbocycles. The van der Waals surface area contributed by atoms with Crippen molar-refractivity contribution in [3.8, 4) is 0 Å². The molecule has 2 amide bonds. The van der Waals surface area contributed by atoms with Crippen LogP contribution in [0, 0.1) is 28.8 Å². The molecule has 0 saturated heterocycles. The summed E-state index contributed by atoms with van der Waals surface area (Å²) in [6.45, 7) is 4.47. The van der Waals surface area contributed by atoms with Crippen LogP contribution in [0.2, 0.25) is 0 Å². The minimum atomic E-state index is -5.26. The van der Waals surface area contributed by atoms with Gasteiger partial charge in [0.2, 0.25) is 6.54 Å². The number of hydrogen-bond acceptors (Lipinski definition) is 5. The fraction of sp³-hybridized carbons (Fsp3) is 0.391. The lowest BCUT2D eigenvalue weighted by molar-refractivity contribution is -0.499. The van der Waals surface area contributed by atoms with Crippen LogP contribution in [0.1, 0.15) is 37.5 Å². The number of amides is 2. The van der Waals surface area contributed by atoms with Crippen molar-refractivity contribution in [1.82, 2.24) is 0 Å². The number of fused-ring (bicyclic) bond motifs is 1. The average Bonchev–Trinajstić information content (AvgIpc) is 2.93. The van der Waals surface area contributed by atoms with Crippen LogP contribution in [0.15, 0.2) is 42.5 Å².